The van der Waals surface area contributed by atoms with Crippen LogP contribution in [0.4, 0.5) is 0 Å². The average Bonchev–Trinajstić information content (AvgIpc) is 3.03. The second-order valence-corrected chi connectivity index (χ2v) is 7.83. The van der Waals surface area contributed by atoms with Crippen molar-refractivity contribution >= 4 is 16.9 Å². The Kier molecular flexibility index (Phi) is 5.33. The molecule has 0 spiro atoms. The number of nitrogens with one attached hydrogen (secondary N) is 1. The number of rotatable bonds is 6. The maximum absolute atomic E-state index is 12.8. The number of para-hydroxylation sites is 1. The summed E-state index contributed by atoms with van der Waals surface area (Å²) in [6, 6.07) is 13.6. The molecule has 142 valence electrons. The van der Waals surface area contributed by atoms with Gasteiger partial charge in [-0.05, 0) is 62.9 Å². The van der Waals surface area contributed by atoms with Crippen LogP contribution in [0.1, 0.15) is 47.6 Å². The minimum absolute atomic E-state index is 0.0442. The van der Waals surface area contributed by atoms with Crippen molar-refractivity contribution in [2.24, 2.45) is 0 Å². The van der Waals surface area contributed by atoms with E-state index in [1.54, 1.807) is 25.8 Å². The van der Waals surface area contributed by atoms with E-state index in [0.29, 0.717) is 18.5 Å². The molecule has 0 fully saturated rings. The van der Waals surface area contributed by atoms with E-state index in [4.69, 9.17) is 0 Å². The fourth-order valence-electron chi connectivity index (χ4n) is 3.13. The van der Waals surface area contributed by atoms with Crippen molar-refractivity contribution in [2.75, 3.05) is 7.05 Å². The van der Waals surface area contributed by atoms with Crippen LogP contribution >= 0.6 is 0 Å². The third kappa shape index (κ3) is 4.74. The van der Waals surface area contributed by atoms with Crippen LogP contribution in [0, 0.1) is 6.92 Å². The van der Waals surface area contributed by atoms with Gasteiger partial charge in [-0.3, -0.25) is 4.79 Å². The summed E-state index contributed by atoms with van der Waals surface area (Å²) in [4.78, 5) is 22.4. The molecule has 0 radical (unpaired) electrons. The quantitative estimate of drug-likeness (QED) is 0.697. The zero-order valence-corrected chi connectivity index (χ0v) is 16.4. The molecule has 5 heteroatoms. The van der Waals surface area contributed by atoms with Gasteiger partial charge in [0.2, 0.25) is 0 Å². The van der Waals surface area contributed by atoms with Gasteiger partial charge in [-0.15, -0.1) is 0 Å². The van der Waals surface area contributed by atoms with E-state index in [-0.39, 0.29) is 5.91 Å². The van der Waals surface area contributed by atoms with Crippen LogP contribution in [0.2, 0.25) is 0 Å². The lowest BCUT2D eigenvalue weighted by Crippen LogP contribution is -2.26. The number of aromatic nitrogens is 2. The van der Waals surface area contributed by atoms with Gasteiger partial charge in [0.05, 0.1) is 23.2 Å². The molecule has 2 aromatic carbocycles. The Labute approximate surface area is 160 Å². The maximum atomic E-state index is 12.8. The molecule has 0 aliphatic rings. The predicted molar refractivity (Wildman–Crippen MR) is 108 cm³/mol. The normalized spacial score (nSPS) is 11.7. The van der Waals surface area contributed by atoms with E-state index in [1.165, 1.54) is 0 Å². The number of benzene rings is 2. The minimum atomic E-state index is -0.712. The lowest BCUT2D eigenvalue weighted by atomic mass is 9.98. The van der Waals surface area contributed by atoms with Gasteiger partial charge in [-0.1, -0.05) is 24.3 Å². The first-order valence-corrected chi connectivity index (χ1v) is 9.24. The number of hydrogen-bond acceptors (Lipinski definition) is 3. The minimum Gasteiger partial charge on any atom is -0.390 e. The molecule has 0 saturated carbocycles. The monoisotopic (exact) mass is 365 g/mol. The van der Waals surface area contributed by atoms with E-state index < -0.39 is 5.60 Å². The topological polar surface area (TPSA) is 69.2 Å². The van der Waals surface area contributed by atoms with Crippen LogP contribution in [0.3, 0.4) is 0 Å². The SMILES string of the molecule is Cc1cccc2[nH]c(CN(C)C(=O)c3cccc(CCC(C)(C)O)c3)nc12. The zero-order chi connectivity index (χ0) is 19.6. The fraction of sp³-hybridized carbons (Fsp3) is 0.364. The first-order chi connectivity index (χ1) is 12.7. The number of fused-ring (bicyclic) bond motifs is 1. The highest BCUT2D eigenvalue weighted by molar-refractivity contribution is 5.94. The summed E-state index contributed by atoms with van der Waals surface area (Å²) < 4.78 is 0. The summed E-state index contributed by atoms with van der Waals surface area (Å²) in [5.74, 6) is 0.727. The summed E-state index contributed by atoms with van der Waals surface area (Å²) >= 11 is 0. The van der Waals surface area contributed by atoms with E-state index in [9.17, 15) is 9.90 Å². The van der Waals surface area contributed by atoms with Crippen molar-refractivity contribution in [3.8, 4) is 0 Å². The number of amides is 1. The van der Waals surface area contributed by atoms with Gasteiger partial charge >= 0.3 is 0 Å². The Balaban J connectivity index is 1.72. The third-order valence-corrected chi connectivity index (χ3v) is 4.70. The molecular formula is C22H27N3O2. The van der Waals surface area contributed by atoms with E-state index in [0.717, 1.165) is 34.4 Å². The van der Waals surface area contributed by atoms with Gasteiger partial charge in [0.15, 0.2) is 0 Å². The van der Waals surface area contributed by atoms with Gasteiger partial charge < -0.3 is 15.0 Å². The molecule has 27 heavy (non-hydrogen) atoms. The molecule has 0 saturated heterocycles. The van der Waals surface area contributed by atoms with Crippen LogP contribution in [-0.4, -0.2) is 38.5 Å². The van der Waals surface area contributed by atoms with E-state index in [2.05, 4.69) is 9.97 Å². The Morgan fingerprint density at radius 3 is 2.67 bits per heavy atom. The van der Waals surface area contributed by atoms with Crippen molar-refractivity contribution in [1.82, 2.24) is 14.9 Å². The number of aryl methyl sites for hydroxylation is 2. The third-order valence-electron chi connectivity index (χ3n) is 4.70. The molecule has 0 bridgehead atoms. The highest BCUT2D eigenvalue weighted by atomic mass is 16.3. The molecule has 1 amide bonds. The van der Waals surface area contributed by atoms with Crippen LogP contribution in [0.15, 0.2) is 42.5 Å². The number of carbonyl (C=O) groups excluding carboxylic acids is 1. The zero-order valence-electron chi connectivity index (χ0n) is 16.4. The summed E-state index contributed by atoms with van der Waals surface area (Å²) in [6.07, 6.45) is 1.38. The molecule has 0 atom stereocenters. The molecular weight excluding hydrogens is 338 g/mol. The Morgan fingerprint density at radius 2 is 1.96 bits per heavy atom. The van der Waals surface area contributed by atoms with Crippen LogP contribution in [-0.2, 0) is 13.0 Å². The van der Waals surface area contributed by atoms with Crippen molar-refractivity contribution in [1.29, 1.82) is 0 Å². The molecule has 1 heterocycles. The van der Waals surface area contributed by atoms with Gasteiger partial charge in [0.1, 0.15) is 5.82 Å². The van der Waals surface area contributed by atoms with Gasteiger partial charge in [-0.25, -0.2) is 4.98 Å². The summed E-state index contributed by atoms with van der Waals surface area (Å²) in [5, 5.41) is 9.90. The molecule has 3 rings (SSSR count). The Morgan fingerprint density at radius 1 is 1.22 bits per heavy atom. The molecule has 0 aliphatic heterocycles. The number of carbonyl (C=O) groups is 1. The second kappa shape index (κ2) is 7.53. The number of H-pyrrole nitrogens is 1. The summed E-state index contributed by atoms with van der Waals surface area (Å²) in [7, 11) is 1.78. The number of nitrogens with zero attached hydrogens (tertiary/aromatic N) is 2. The van der Waals surface area contributed by atoms with Crippen molar-refractivity contribution in [3.63, 3.8) is 0 Å². The number of hydrogen-bond donors (Lipinski definition) is 2. The lowest BCUT2D eigenvalue weighted by molar-refractivity contribution is 0.0714. The van der Waals surface area contributed by atoms with Gasteiger partial charge in [0, 0.05) is 12.6 Å². The largest absolute Gasteiger partial charge is 0.390 e. The molecule has 5 nitrogen and oxygen atoms in total. The smallest absolute Gasteiger partial charge is 0.254 e. The predicted octanol–water partition coefficient (Wildman–Crippen LogP) is 3.85. The molecule has 1 aromatic heterocycles. The lowest BCUT2D eigenvalue weighted by Gasteiger charge is -2.18. The highest BCUT2D eigenvalue weighted by Crippen LogP contribution is 2.18. The maximum Gasteiger partial charge on any atom is 0.254 e. The van der Waals surface area contributed by atoms with Crippen molar-refractivity contribution in [2.45, 2.75) is 45.8 Å². The fourth-order valence-corrected chi connectivity index (χ4v) is 3.13. The average molecular weight is 365 g/mol. The standard InChI is InChI=1S/C22H27N3O2/c1-15-7-5-10-18-20(15)24-19(23-18)14-25(4)21(26)17-9-6-8-16(13-17)11-12-22(2,3)27/h5-10,13,27H,11-12,14H2,1-4H3,(H,23,24). The summed E-state index contributed by atoms with van der Waals surface area (Å²) in [5.41, 5.74) is 4.04. The van der Waals surface area contributed by atoms with Gasteiger partial charge in [0.25, 0.3) is 5.91 Å². The van der Waals surface area contributed by atoms with Crippen molar-refractivity contribution in [3.05, 3.63) is 65.0 Å². The first kappa shape index (κ1) is 19.1. The summed E-state index contributed by atoms with van der Waals surface area (Å²) in [6.45, 7) is 6.04. The number of aliphatic hydroxyl groups is 1. The Hall–Kier alpha value is -2.66. The molecule has 0 aliphatic carbocycles. The van der Waals surface area contributed by atoms with Crippen LogP contribution in [0.5, 0.6) is 0 Å². The van der Waals surface area contributed by atoms with Gasteiger partial charge in [-0.2, -0.15) is 0 Å². The Bertz CT molecular complexity index is 954. The molecule has 2 N–H and O–H groups in total. The second-order valence-electron chi connectivity index (χ2n) is 7.83. The first-order valence-electron chi connectivity index (χ1n) is 9.24. The van der Waals surface area contributed by atoms with Crippen LogP contribution < -0.4 is 0 Å². The van der Waals surface area contributed by atoms with Crippen LogP contribution in [0.25, 0.3) is 11.0 Å². The van der Waals surface area contributed by atoms with E-state index in [1.807, 2.05) is 49.4 Å². The molecule has 0 unspecified atom stereocenters. The highest BCUT2D eigenvalue weighted by Gasteiger charge is 2.16. The van der Waals surface area contributed by atoms with E-state index >= 15 is 0 Å². The number of imidazole rings is 1. The molecule has 3 aromatic rings. The number of aromatic amines is 1. The van der Waals surface area contributed by atoms with Crippen molar-refractivity contribution < 1.29 is 9.90 Å².